The number of benzene rings is 1. The van der Waals surface area contributed by atoms with Crippen LogP contribution in [0.4, 0.5) is 5.69 Å². The first kappa shape index (κ1) is 20.8. The van der Waals surface area contributed by atoms with Crippen molar-refractivity contribution in [2.24, 2.45) is 7.05 Å². The molecule has 0 saturated carbocycles. The number of amides is 1. The molecule has 0 spiro atoms. The molecule has 160 valence electrons. The monoisotopic (exact) mass is 416 g/mol. The van der Waals surface area contributed by atoms with Crippen molar-refractivity contribution in [3.63, 3.8) is 0 Å². The summed E-state index contributed by atoms with van der Waals surface area (Å²) in [5.41, 5.74) is 5.70. The Labute approximate surface area is 182 Å². The van der Waals surface area contributed by atoms with Gasteiger partial charge < -0.3 is 9.73 Å². The quantitative estimate of drug-likeness (QED) is 0.431. The molecule has 1 aromatic carbocycles. The zero-order valence-corrected chi connectivity index (χ0v) is 18.9. The minimum Gasteiger partial charge on any atom is -0.463 e. The van der Waals surface area contributed by atoms with Crippen LogP contribution in [0.3, 0.4) is 0 Å². The molecule has 0 aliphatic carbocycles. The summed E-state index contributed by atoms with van der Waals surface area (Å²) in [5.74, 6) is 1.00. The first-order valence-corrected chi connectivity index (χ1v) is 10.6. The van der Waals surface area contributed by atoms with Crippen LogP contribution in [-0.4, -0.2) is 20.7 Å². The normalized spacial score (nSPS) is 11.6. The lowest BCUT2D eigenvalue weighted by Crippen LogP contribution is -2.17. The van der Waals surface area contributed by atoms with Gasteiger partial charge in [-0.3, -0.25) is 9.48 Å². The third-order valence-electron chi connectivity index (χ3n) is 5.60. The fourth-order valence-corrected chi connectivity index (χ4v) is 4.05. The van der Waals surface area contributed by atoms with E-state index in [1.54, 1.807) is 17.0 Å². The molecule has 4 aromatic rings. The van der Waals surface area contributed by atoms with E-state index in [1.165, 1.54) is 0 Å². The molecule has 0 aliphatic rings. The largest absolute Gasteiger partial charge is 0.463 e. The van der Waals surface area contributed by atoms with Crippen molar-refractivity contribution in [1.29, 1.82) is 0 Å². The van der Waals surface area contributed by atoms with Crippen LogP contribution >= 0.6 is 0 Å². The van der Waals surface area contributed by atoms with Gasteiger partial charge in [-0.1, -0.05) is 45.9 Å². The number of hydrogen-bond acceptors (Lipinski definition) is 4. The number of aryl methyl sites for hydroxylation is 2. The number of nitrogens with one attached hydrogen (secondary N) is 1. The number of nitrogens with zero attached hydrogens (tertiary/aromatic N) is 3. The van der Waals surface area contributed by atoms with Crippen LogP contribution in [0.1, 0.15) is 66.7 Å². The van der Waals surface area contributed by atoms with Crippen molar-refractivity contribution >= 4 is 22.6 Å². The predicted molar refractivity (Wildman–Crippen MR) is 124 cm³/mol. The number of fused-ring (bicyclic) bond motifs is 1. The second-order valence-corrected chi connectivity index (χ2v) is 8.51. The van der Waals surface area contributed by atoms with Crippen LogP contribution in [0.15, 0.2) is 47.1 Å². The summed E-state index contributed by atoms with van der Waals surface area (Å²) in [6.45, 7) is 10.5. The molecule has 1 N–H and O–H groups in total. The summed E-state index contributed by atoms with van der Waals surface area (Å²) in [5, 5.41) is 8.48. The average molecular weight is 417 g/mol. The Morgan fingerprint density at radius 2 is 1.74 bits per heavy atom. The maximum absolute atomic E-state index is 13.7. The molecule has 0 unspecified atom stereocenters. The molecule has 3 heterocycles. The van der Waals surface area contributed by atoms with Crippen LogP contribution in [0.25, 0.3) is 22.5 Å². The minimum atomic E-state index is -0.175. The third-order valence-corrected chi connectivity index (χ3v) is 5.60. The Morgan fingerprint density at radius 3 is 2.32 bits per heavy atom. The summed E-state index contributed by atoms with van der Waals surface area (Å²) >= 11 is 0. The maximum atomic E-state index is 13.7. The fourth-order valence-electron chi connectivity index (χ4n) is 4.05. The topological polar surface area (TPSA) is 73.0 Å². The van der Waals surface area contributed by atoms with Gasteiger partial charge in [-0.2, -0.15) is 5.10 Å². The van der Waals surface area contributed by atoms with Crippen LogP contribution in [-0.2, 0) is 7.05 Å². The maximum Gasteiger partial charge on any atom is 0.256 e. The highest BCUT2D eigenvalue weighted by molar-refractivity contribution is 6.13. The molecule has 0 fully saturated rings. The highest BCUT2D eigenvalue weighted by Crippen LogP contribution is 2.34. The van der Waals surface area contributed by atoms with E-state index in [2.05, 4.69) is 56.3 Å². The Bertz CT molecular complexity index is 1220. The standard InChI is InChI=1S/C25H28N4O2/c1-14(2)17-9-7-10-18(15(3)4)23(17)27-25(30)19-13-20(21-11-8-12-31-21)26-24-22(19)16(5)28-29(24)6/h7-15H,1-6H3,(H,27,30). The lowest BCUT2D eigenvalue weighted by molar-refractivity contribution is 0.102. The summed E-state index contributed by atoms with van der Waals surface area (Å²) in [6.07, 6.45) is 1.60. The lowest BCUT2D eigenvalue weighted by Gasteiger charge is -2.20. The van der Waals surface area contributed by atoms with E-state index in [4.69, 9.17) is 9.40 Å². The number of hydrogen-bond donors (Lipinski definition) is 1. The predicted octanol–water partition coefficient (Wildman–Crippen LogP) is 6.04. The number of carbonyl (C=O) groups is 1. The second kappa shape index (κ2) is 8.02. The van der Waals surface area contributed by atoms with Gasteiger partial charge in [-0.15, -0.1) is 0 Å². The Balaban J connectivity index is 1.88. The first-order valence-electron chi connectivity index (χ1n) is 10.6. The Hall–Kier alpha value is -3.41. The number of anilines is 1. The molecule has 0 radical (unpaired) electrons. The molecular formula is C25H28N4O2. The van der Waals surface area contributed by atoms with Crippen LogP contribution in [0.2, 0.25) is 0 Å². The molecule has 1 amide bonds. The van der Waals surface area contributed by atoms with Crippen molar-refractivity contribution in [3.8, 4) is 11.5 Å². The number of rotatable bonds is 5. The molecule has 0 atom stereocenters. The molecular weight excluding hydrogens is 388 g/mol. The Kier molecular flexibility index (Phi) is 5.39. The number of para-hydroxylation sites is 1. The Morgan fingerprint density at radius 1 is 1.06 bits per heavy atom. The van der Waals surface area contributed by atoms with Gasteiger partial charge in [0.15, 0.2) is 11.4 Å². The molecule has 0 saturated heterocycles. The molecule has 0 aliphatic heterocycles. The summed E-state index contributed by atoms with van der Waals surface area (Å²) in [6, 6.07) is 11.7. The van der Waals surface area contributed by atoms with Crippen LogP contribution in [0, 0.1) is 6.92 Å². The van der Waals surface area contributed by atoms with E-state index in [0.717, 1.165) is 27.9 Å². The average Bonchev–Trinajstić information content (AvgIpc) is 3.36. The first-order chi connectivity index (χ1) is 14.8. The highest BCUT2D eigenvalue weighted by atomic mass is 16.3. The summed E-state index contributed by atoms with van der Waals surface area (Å²) in [4.78, 5) is 18.4. The van der Waals surface area contributed by atoms with E-state index >= 15 is 0 Å². The number of aromatic nitrogens is 3. The van der Waals surface area contributed by atoms with E-state index < -0.39 is 0 Å². The van der Waals surface area contributed by atoms with Gasteiger partial charge >= 0.3 is 0 Å². The van der Waals surface area contributed by atoms with Crippen molar-refractivity contribution in [3.05, 3.63) is 65.0 Å². The number of pyridine rings is 1. The van der Waals surface area contributed by atoms with Gasteiger partial charge in [-0.25, -0.2) is 4.98 Å². The second-order valence-electron chi connectivity index (χ2n) is 8.51. The zero-order chi connectivity index (χ0) is 22.3. The molecule has 0 bridgehead atoms. The SMILES string of the molecule is Cc1nn(C)c2nc(-c3ccco3)cc(C(=O)Nc3c(C(C)C)cccc3C(C)C)c12. The van der Waals surface area contributed by atoms with E-state index in [1.807, 2.05) is 26.1 Å². The van der Waals surface area contributed by atoms with Crippen molar-refractivity contribution in [2.45, 2.75) is 46.5 Å². The van der Waals surface area contributed by atoms with E-state index in [9.17, 15) is 4.79 Å². The lowest BCUT2D eigenvalue weighted by atomic mass is 9.92. The molecule has 6 heteroatoms. The van der Waals surface area contributed by atoms with Gasteiger partial charge in [0.25, 0.3) is 5.91 Å². The van der Waals surface area contributed by atoms with Crippen molar-refractivity contribution in [1.82, 2.24) is 14.8 Å². The van der Waals surface area contributed by atoms with Crippen LogP contribution in [0.5, 0.6) is 0 Å². The van der Waals surface area contributed by atoms with E-state index in [-0.39, 0.29) is 17.7 Å². The third kappa shape index (κ3) is 3.74. The van der Waals surface area contributed by atoms with Gasteiger partial charge in [0.2, 0.25) is 0 Å². The van der Waals surface area contributed by atoms with Gasteiger partial charge in [0, 0.05) is 12.7 Å². The zero-order valence-electron chi connectivity index (χ0n) is 18.9. The van der Waals surface area contributed by atoms with E-state index in [0.29, 0.717) is 22.7 Å². The highest BCUT2D eigenvalue weighted by Gasteiger charge is 2.22. The molecule has 4 rings (SSSR count). The van der Waals surface area contributed by atoms with Gasteiger partial charge in [-0.05, 0) is 48.1 Å². The minimum absolute atomic E-state index is 0.175. The number of carbonyl (C=O) groups excluding carboxylic acids is 1. The molecule has 3 aromatic heterocycles. The smallest absolute Gasteiger partial charge is 0.256 e. The van der Waals surface area contributed by atoms with Gasteiger partial charge in [0.05, 0.1) is 22.9 Å². The summed E-state index contributed by atoms with van der Waals surface area (Å²) < 4.78 is 7.25. The van der Waals surface area contributed by atoms with Crippen molar-refractivity contribution < 1.29 is 9.21 Å². The summed E-state index contributed by atoms with van der Waals surface area (Å²) in [7, 11) is 1.83. The van der Waals surface area contributed by atoms with Crippen molar-refractivity contribution in [2.75, 3.05) is 5.32 Å². The van der Waals surface area contributed by atoms with Crippen LogP contribution < -0.4 is 5.32 Å². The van der Waals surface area contributed by atoms with Gasteiger partial charge in [0.1, 0.15) is 5.69 Å². The molecule has 31 heavy (non-hydrogen) atoms. The molecule has 6 nitrogen and oxygen atoms in total. The number of furan rings is 1. The fraction of sp³-hybridized carbons (Fsp3) is 0.320.